The van der Waals surface area contributed by atoms with E-state index in [1.165, 1.54) is 16.7 Å². The van der Waals surface area contributed by atoms with E-state index < -0.39 is 0 Å². The fourth-order valence-corrected chi connectivity index (χ4v) is 3.74. The summed E-state index contributed by atoms with van der Waals surface area (Å²) in [5.41, 5.74) is 10.7. The van der Waals surface area contributed by atoms with Crippen LogP contribution in [0.3, 0.4) is 0 Å². The van der Waals surface area contributed by atoms with Gasteiger partial charge in [-0.15, -0.1) is 0 Å². The summed E-state index contributed by atoms with van der Waals surface area (Å²) in [6.45, 7) is 2.34. The summed E-state index contributed by atoms with van der Waals surface area (Å²) in [5, 5.41) is 0. The van der Waals surface area contributed by atoms with Crippen molar-refractivity contribution in [1.29, 1.82) is 0 Å². The number of hydrogen-bond donors (Lipinski definition) is 1. The smallest absolute Gasteiger partial charge is 0.220 e. The Labute approximate surface area is 130 Å². The van der Waals surface area contributed by atoms with E-state index >= 15 is 0 Å². The van der Waals surface area contributed by atoms with Gasteiger partial charge in [0, 0.05) is 11.8 Å². The molecule has 2 N–H and O–H groups in total. The van der Waals surface area contributed by atoms with E-state index in [-0.39, 0.29) is 5.41 Å². The zero-order valence-corrected chi connectivity index (χ0v) is 12.7. The molecule has 0 saturated carbocycles. The number of hydrogen-bond acceptors (Lipinski definition) is 3. The molecule has 0 radical (unpaired) electrons. The minimum Gasteiger partial charge on any atom is -0.368 e. The van der Waals surface area contributed by atoms with Gasteiger partial charge in [-0.2, -0.15) is 0 Å². The lowest BCUT2D eigenvalue weighted by atomic mass is 9.64. The second-order valence-electron chi connectivity index (χ2n) is 6.44. The maximum Gasteiger partial charge on any atom is 0.220 e. The van der Waals surface area contributed by atoms with E-state index in [1.807, 2.05) is 6.20 Å². The van der Waals surface area contributed by atoms with Crippen molar-refractivity contribution in [2.75, 3.05) is 5.73 Å². The quantitative estimate of drug-likeness (QED) is 0.866. The van der Waals surface area contributed by atoms with E-state index in [9.17, 15) is 0 Å². The van der Waals surface area contributed by atoms with Crippen molar-refractivity contribution in [1.82, 2.24) is 9.97 Å². The normalized spacial score (nSPS) is 25.6. The molecule has 1 aromatic heterocycles. The Morgan fingerprint density at radius 2 is 2.09 bits per heavy atom. The molecule has 2 atom stereocenters. The third-order valence-corrected chi connectivity index (χ3v) is 4.98. The highest BCUT2D eigenvalue weighted by atomic mass is 15.0. The van der Waals surface area contributed by atoms with Crippen molar-refractivity contribution in [3.8, 4) is 11.3 Å². The third kappa shape index (κ3) is 1.97. The molecule has 0 spiro atoms. The number of benzene rings is 1. The fourth-order valence-electron chi connectivity index (χ4n) is 3.74. The van der Waals surface area contributed by atoms with Gasteiger partial charge in [-0.3, -0.25) is 0 Å². The van der Waals surface area contributed by atoms with Crippen LogP contribution in [0.2, 0.25) is 0 Å². The highest BCUT2D eigenvalue weighted by Gasteiger charge is 2.37. The van der Waals surface area contributed by atoms with Gasteiger partial charge >= 0.3 is 0 Å². The molecule has 2 aromatic rings. The minimum atomic E-state index is 0.129. The lowest BCUT2D eigenvalue weighted by Crippen LogP contribution is -2.29. The number of allylic oxidation sites excluding steroid dienone is 4. The molecule has 0 aliphatic heterocycles. The van der Waals surface area contributed by atoms with E-state index in [1.54, 1.807) is 0 Å². The highest BCUT2D eigenvalue weighted by molar-refractivity contribution is 5.71. The van der Waals surface area contributed by atoms with Gasteiger partial charge in [-0.1, -0.05) is 55.5 Å². The van der Waals surface area contributed by atoms with Crippen LogP contribution >= 0.6 is 0 Å². The van der Waals surface area contributed by atoms with Gasteiger partial charge in [-0.05, 0) is 35.3 Å². The van der Waals surface area contributed by atoms with Gasteiger partial charge in [0.15, 0.2) is 0 Å². The average molecular weight is 289 g/mol. The summed E-state index contributed by atoms with van der Waals surface area (Å²) >= 11 is 0. The first-order chi connectivity index (χ1) is 10.7. The summed E-state index contributed by atoms with van der Waals surface area (Å²) in [6, 6.07) is 8.58. The zero-order chi connectivity index (χ0) is 15.2. The van der Waals surface area contributed by atoms with Gasteiger partial charge in [0.05, 0.1) is 5.69 Å². The largest absolute Gasteiger partial charge is 0.368 e. The predicted octanol–water partition coefficient (Wildman–Crippen LogP) is 3.89. The van der Waals surface area contributed by atoms with Crippen LogP contribution in [-0.2, 0) is 6.42 Å². The Morgan fingerprint density at radius 3 is 2.91 bits per heavy atom. The summed E-state index contributed by atoms with van der Waals surface area (Å²) in [4.78, 5) is 8.69. The lowest BCUT2D eigenvalue weighted by molar-refractivity contribution is 0.331. The Kier molecular flexibility index (Phi) is 2.89. The number of fused-ring (bicyclic) bond motifs is 3. The molecule has 0 bridgehead atoms. The van der Waals surface area contributed by atoms with E-state index in [0.29, 0.717) is 11.9 Å². The van der Waals surface area contributed by atoms with Crippen molar-refractivity contribution in [2.45, 2.75) is 25.7 Å². The van der Waals surface area contributed by atoms with Crippen molar-refractivity contribution in [2.24, 2.45) is 5.41 Å². The van der Waals surface area contributed by atoms with Gasteiger partial charge in [0.25, 0.3) is 0 Å². The fraction of sp³-hybridized carbons (Fsp3) is 0.263. The number of nitrogen functional groups attached to an aromatic ring is 1. The van der Waals surface area contributed by atoms with Gasteiger partial charge < -0.3 is 5.73 Å². The predicted molar refractivity (Wildman–Crippen MR) is 89.3 cm³/mol. The van der Waals surface area contributed by atoms with Crippen molar-refractivity contribution >= 4 is 5.95 Å². The van der Waals surface area contributed by atoms with Crippen LogP contribution in [0.15, 0.2) is 54.8 Å². The van der Waals surface area contributed by atoms with Crippen molar-refractivity contribution < 1.29 is 0 Å². The molecule has 3 nitrogen and oxygen atoms in total. The van der Waals surface area contributed by atoms with Crippen LogP contribution in [0, 0.1) is 5.41 Å². The Balaban J connectivity index is 1.89. The summed E-state index contributed by atoms with van der Waals surface area (Å²) in [7, 11) is 0. The summed E-state index contributed by atoms with van der Waals surface area (Å²) in [6.07, 6.45) is 12.8. The molecule has 110 valence electrons. The van der Waals surface area contributed by atoms with E-state index in [4.69, 9.17) is 5.73 Å². The molecule has 2 unspecified atom stereocenters. The number of rotatable bonds is 1. The highest BCUT2D eigenvalue weighted by Crippen LogP contribution is 2.50. The topological polar surface area (TPSA) is 51.8 Å². The van der Waals surface area contributed by atoms with Crippen molar-refractivity contribution in [3.63, 3.8) is 0 Å². The molecule has 0 fully saturated rings. The minimum absolute atomic E-state index is 0.129. The van der Waals surface area contributed by atoms with Gasteiger partial charge in [0.1, 0.15) is 0 Å². The molecule has 1 aromatic carbocycles. The molecular formula is C19H19N3. The standard InChI is InChI=1S/C19H19N3/c1-19(9-5-2-6-10-19)16-11-13-12-21-18(20)22-17(13)15-8-4-3-7-14(15)16/h2-9,12,16H,10-11H2,1H3,(H2,20,21,22). The van der Waals surface area contributed by atoms with Crippen LogP contribution in [0.5, 0.6) is 0 Å². The lowest BCUT2D eigenvalue weighted by Gasteiger charge is -2.39. The molecule has 3 heteroatoms. The molecule has 0 amide bonds. The average Bonchev–Trinajstić information content (AvgIpc) is 2.55. The third-order valence-electron chi connectivity index (χ3n) is 4.98. The molecule has 4 rings (SSSR count). The molecule has 2 aliphatic rings. The molecule has 0 saturated heterocycles. The summed E-state index contributed by atoms with van der Waals surface area (Å²) < 4.78 is 0. The zero-order valence-electron chi connectivity index (χ0n) is 12.7. The number of anilines is 1. The molecule has 2 aliphatic carbocycles. The second kappa shape index (κ2) is 4.80. The van der Waals surface area contributed by atoms with Crippen LogP contribution in [-0.4, -0.2) is 9.97 Å². The van der Waals surface area contributed by atoms with Gasteiger partial charge in [-0.25, -0.2) is 9.97 Å². The summed E-state index contributed by atoms with van der Waals surface area (Å²) in [5.74, 6) is 0.781. The Hall–Kier alpha value is -2.42. The number of nitrogens with zero attached hydrogens (tertiary/aromatic N) is 2. The van der Waals surface area contributed by atoms with E-state index in [2.05, 4.69) is 65.5 Å². The van der Waals surface area contributed by atoms with E-state index in [0.717, 1.165) is 18.5 Å². The monoisotopic (exact) mass is 289 g/mol. The Bertz CT molecular complexity index is 791. The maximum absolute atomic E-state index is 5.80. The first kappa shape index (κ1) is 13.3. The number of aromatic nitrogens is 2. The number of nitrogens with two attached hydrogens (primary N) is 1. The molecular weight excluding hydrogens is 270 g/mol. The van der Waals surface area contributed by atoms with Crippen LogP contribution in [0.4, 0.5) is 5.95 Å². The van der Waals surface area contributed by atoms with Crippen LogP contribution in [0.25, 0.3) is 11.3 Å². The molecule has 1 heterocycles. The first-order valence-corrected chi connectivity index (χ1v) is 7.72. The second-order valence-corrected chi connectivity index (χ2v) is 6.44. The maximum atomic E-state index is 5.80. The van der Waals surface area contributed by atoms with Gasteiger partial charge in [0.2, 0.25) is 5.95 Å². The SMILES string of the molecule is CC1(C2Cc3cnc(N)nc3-c3ccccc32)C=CC=CC1. The Morgan fingerprint density at radius 1 is 1.23 bits per heavy atom. The van der Waals surface area contributed by atoms with Crippen molar-refractivity contribution in [3.05, 3.63) is 65.9 Å². The first-order valence-electron chi connectivity index (χ1n) is 7.72. The molecule has 22 heavy (non-hydrogen) atoms. The van der Waals surface area contributed by atoms with Crippen LogP contribution in [0.1, 0.15) is 30.4 Å². The van der Waals surface area contributed by atoms with Crippen LogP contribution < -0.4 is 5.73 Å².